The van der Waals surface area contributed by atoms with Crippen LogP contribution in [0, 0.1) is 0 Å². The van der Waals surface area contributed by atoms with Crippen molar-refractivity contribution in [2.24, 2.45) is 0 Å². The number of likely N-dealkylation sites (N-methyl/N-ethyl adjacent to an activating group) is 1. The van der Waals surface area contributed by atoms with Gasteiger partial charge in [-0.3, -0.25) is 14.5 Å². The van der Waals surface area contributed by atoms with Crippen LogP contribution in [0.1, 0.15) is 43.7 Å². The van der Waals surface area contributed by atoms with Crippen molar-refractivity contribution in [1.29, 1.82) is 0 Å². The number of carbonyl (C=O) groups is 2. The van der Waals surface area contributed by atoms with Gasteiger partial charge < -0.3 is 15.0 Å². The number of hydrogen-bond acceptors (Lipinski definition) is 4. The van der Waals surface area contributed by atoms with E-state index in [0.717, 1.165) is 18.7 Å². The Morgan fingerprint density at radius 2 is 2.04 bits per heavy atom. The average Bonchev–Trinajstić information content (AvgIpc) is 3.33. The molecule has 6 heteroatoms. The predicted molar refractivity (Wildman–Crippen MR) is 97.8 cm³/mol. The molecule has 2 aliphatic heterocycles. The van der Waals surface area contributed by atoms with Crippen molar-refractivity contribution < 1.29 is 14.3 Å². The largest absolute Gasteiger partial charge is 0.497 e. The van der Waals surface area contributed by atoms with Crippen LogP contribution >= 0.6 is 0 Å². The van der Waals surface area contributed by atoms with Crippen molar-refractivity contribution in [3.05, 3.63) is 29.8 Å². The van der Waals surface area contributed by atoms with Crippen LogP contribution in [0.15, 0.2) is 24.3 Å². The van der Waals surface area contributed by atoms with Crippen molar-refractivity contribution in [2.75, 3.05) is 20.7 Å². The first-order chi connectivity index (χ1) is 12.6. The van der Waals surface area contributed by atoms with Crippen molar-refractivity contribution in [3.63, 3.8) is 0 Å². The number of amides is 2. The Balaban J connectivity index is 1.54. The number of benzene rings is 1. The fourth-order valence-corrected chi connectivity index (χ4v) is 4.42. The molecule has 1 N–H and O–H groups in total. The highest BCUT2D eigenvalue weighted by atomic mass is 16.5. The first kappa shape index (κ1) is 17.3. The molecule has 140 valence electrons. The van der Waals surface area contributed by atoms with E-state index in [2.05, 4.69) is 22.3 Å². The van der Waals surface area contributed by atoms with Gasteiger partial charge >= 0.3 is 0 Å². The lowest BCUT2D eigenvalue weighted by atomic mass is 9.99. The number of ether oxygens (including phenoxy) is 1. The zero-order valence-corrected chi connectivity index (χ0v) is 15.5. The Hall–Kier alpha value is -2.08. The van der Waals surface area contributed by atoms with Crippen LogP contribution in [0.4, 0.5) is 0 Å². The second-order valence-corrected chi connectivity index (χ2v) is 7.65. The zero-order chi connectivity index (χ0) is 18.3. The number of nitrogens with one attached hydrogen (secondary N) is 1. The lowest BCUT2D eigenvalue weighted by Crippen LogP contribution is -2.48. The topological polar surface area (TPSA) is 61.9 Å². The van der Waals surface area contributed by atoms with E-state index in [4.69, 9.17) is 4.74 Å². The number of rotatable bonds is 5. The molecule has 2 saturated heterocycles. The summed E-state index contributed by atoms with van der Waals surface area (Å²) in [4.78, 5) is 28.7. The average molecular weight is 357 g/mol. The molecule has 2 heterocycles. The lowest BCUT2D eigenvalue weighted by molar-refractivity contribution is -0.134. The SMILES string of the molecule is COc1cccc(C2C(NC(=O)C3CCC(=O)N3C)CCN2C2CC2)c1. The van der Waals surface area contributed by atoms with Crippen LogP contribution < -0.4 is 10.1 Å². The predicted octanol–water partition coefficient (Wildman–Crippen LogP) is 1.71. The summed E-state index contributed by atoms with van der Waals surface area (Å²) in [7, 11) is 3.41. The molecular weight excluding hydrogens is 330 g/mol. The van der Waals surface area contributed by atoms with Gasteiger partial charge in [0.1, 0.15) is 11.8 Å². The van der Waals surface area contributed by atoms with Gasteiger partial charge in [-0.2, -0.15) is 0 Å². The molecule has 0 spiro atoms. The summed E-state index contributed by atoms with van der Waals surface area (Å²) in [6, 6.07) is 8.70. The quantitative estimate of drug-likeness (QED) is 0.871. The molecule has 0 aromatic heterocycles. The number of hydrogen-bond donors (Lipinski definition) is 1. The van der Waals surface area contributed by atoms with Gasteiger partial charge in [0.15, 0.2) is 0 Å². The number of carbonyl (C=O) groups excluding carboxylic acids is 2. The van der Waals surface area contributed by atoms with Gasteiger partial charge in [0.2, 0.25) is 11.8 Å². The summed E-state index contributed by atoms with van der Waals surface area (Å²) < 4.78 is 5.40. The maximum atomic E-state index is 12.8. The Morgan fingerprint density at radius 3 is 2.69 bits per heavy atom. The summed E-state index contributed by atoms with van der Waals surface area (Å²) in [6.07, 6.45) is 4.49. The second-order valence-electron chi connectivity index (χ2n) is 7.65. The molecule has 6 nitrogen and oxygen atoms in total. The molecule has 26 heavy (non-hydrogen) atoms. The highest BCUT2D eigenvalue weighted by Gasteiger charge is 2.44. The van der Waals surface area contributed by atoms with E-state index in [9.17, 15) is 9.59 Å². The smallest absolute Gasteiger partial charge is 0.243 e. The minimum Gasteiger partial charge on any atom is -0.497 e. The van der Waals surface area contributed by atoms with E-state index in [1.54, 1.807) is 19.1 Å². The standard InChI is InChI=1S/C20H27N3O3/c1-22-17(8-9-18(22)24)20(25)21-16-10-11-23(14-6-7-14)19(16)13-4-3-5-15(12-13)26-2/h3-5,12,14,16-17,19H,6-11H2,1-2H3,(H,21,25). The van der Waals surface area contributed by atoms with Gasteiger partial charge in [-0.15, -0.1) is 0 Å². The Kier molecular flexibility index (Phi) is 4.61. The van der Waals surface area contributed by atoms with Crippen molar-refractivity contribution >= 4 is 11.8 Å². The molecule has 0 radical (unpaired) electrons. The van der Waals surface area contributed by atoms with Gasteiger partial charge in [-0.25, -0.2) is 0 Å². The normalized spacial score (nSPS) is 29.2. The van der Waals surface area contributed by atoms with E-state index in [-0.39, 0.29) is 29.9 Å². The van der Waals surface area contributed by atoms with Gasteiger partial charge in [0.05, 0.1) is 13.2 Å². The third-order valence-corrected chi connectivity index (χ3v) is 6.01. The first-order valence-electron chi connectivity index (χ1n) is 9.54. The summed E-state index contributed by atoms with van der Waals surface area (Å²) in [5.41, 5.74) is 1.19. The van der Waals surface area contributed by atoms with Gasteiger partial charge in [-0.05, 0) is 43.4 Å². The molecule has 3 unspecified atom stereocenters. The number of likely N-dealkylation sites (tertiary alicyclic amines) is 2. The van der Waals surface area contributed by atoms with Crippen LogP contribution in [-0.4, -0.2) is 60.4 Å². The summed E-state index contributed by atoms with van der Waals surface area (Å²) in [5.74, 6) is 0.880. The highest BCUT2D eigenvalue weighted by Crippen LogP contribution is 2.41. The van der Waals surface area contributed by atoms with E-state index in [1.165, 1.54) is 18.4 Å². The third kappa shape index (κ3) is 3.18. The third-order valence-electron chi connectivity index (χ3n) is 6.01. The fraction of sp³-hybridized carbons (Fsp3) is 0.600. The first-order valence-corrected chi connectivity index (χ1v) is 9.54. The maximum Gasteiger partial charge on any atom is 0.243 e. The highest BCUT2D eigenvalue weighted by molar-refractivity contribution is 5.90. The molecule has 3 atom stereocenters. The number of methoxy groups -OCH3 is 1. The van der Waals surface area contributed by atoms with E-state index < -0.39 is 0 Å². The van der Waals surface area contributed by atoms with Crippen molar-refractivity contribution in [3.8, 4) is 5.75 Å². The molecule has 4 rings (SSSR count). The van der Waals surface area contributed by atoms with Crippen molar-refractivity contribution in [1.82, 2.24) is 15.1 Å². The monoisotopic (exact) mass is 357 g/mol. The molecule has 2 amide bonds. The van der Waals surface area contributed by atoms with Gasteiger partial charge in [-0.1, -0.05) is 12.1 Å². The summed E-state index contributed by atoms with van der Waals surface area (Å²) in [5, 5.41) is 3.26. The molecule has 3 fully saturated rings. The molecule has 1 aromatic rings. The maximum absolute atomic E-state index is 12.8. The van der Waals surface area contributed by atoms with Gasteiger partial charge in [0.25, 0.3) is 0 Å². The van der Waals surface area contributed by atoms with Crippen LogP contribution in [-0.2, 0) is 9.59 Å². The van der Waals surface area contributed by atoms with Crippen LogP contribution in [0.3, 0.4) is 0 Å². The Bertz CT molecular complexity index is 703. The molecule has 1 aromatic carbocycles. The van der Waals surface area contributed by atoms with Crippen LogP contribution in [0.2, 0.25) is 0 Å². The molecule has 3 aliphatic rings. The van der Waals surface area contributed by atoms with Crippen molar-refractivity contribution in [2.45, 2.75) is 56.3 Å². The van der Waals surface area contributed by atoms with Crippen LogP contribution in [0.25, 0.3) is 0 Å². The molecule has 1 aliphatic carbocycles. The molecule has 1 saturated carbocycles. The van der Waals surface area contributed by atoms with E-state index in [0.29, 0.717) is 18.9 Å². The second kappa shape index (κ2) is 6.91. The zero-order valence-electron chi connectivity index (χ0n) is 15.5. The Morgan fingerprint density at radius 1 is 1.23 bits per heavy atom. The molecular formula is C20H27N3O3. The van der Waals surface area contributed by atoms with Gasteiger partial charge in [0, 0.05) is 32.1 Å². The minimum absolute atomic E-state index is 0.0195. The minimum atomic E-state index is -0.330. The summed E-state index contributed by atoms with van der Waals surface area (Å²) in [6.45, 7) is 0.997. The lowest BCUT2D eigenvalue weighted by Gasteiger charge is -2.30. The number of nitrogens with zero attached hydrogens (tertiary/aromatic N) is 2. The fourth-order valence-electron chi connectivity index (χ4n) is 4.42. The van der Waals surface area contributed by atoms with Crippen LogP contribution in [0.5, 0.6) is 5.75 Å². The summed E-state index contributed by atoms with van der Waals surface area (Å²) >= 11 is 0. The molecule has 0 bridgehead atoms. The van der Waals surface area contributed by atoms with E-state index >= 15 is 0 Å². The Labute approximate surface area is 154 Å². The van der Waals surface area contributed by atoms with E-state index in [1.807, 2.05) is 12.1 Å².